The summed E-state index contributed by atoms with van der Waals surface area (Å²) in [6, 6.07) is 0. The third kappa shape index (κ3) is 2.03. The van der Waals surface area contributed by atoms with Gasteiger partial charge in [-0.25, -0.2) is 13.2 Å². The van der Waals surface area contributed by atoms with Crippen LogP contribution in [0.1, 0.15) is 12.8 Å². The van der Waals surface area contributed by atoms with Gasteiger partial charge in [0.15, 0.2) is 5.75 Å². The Kier molecular flexibility index (Phi) is 3.43. The maximum atomic E-state index is 13.2. The second-order valence-corrected chi connectivity index (χ2v) is 4.21. The molecule has 1 saturated carbocycles. The molecule has 2 N–H and O–H groups in total. The van der Waals surface area contributed by atoms with Crippen LogP contribution in [-0.2, 0) is 0 Å². The molecule has 0 saturated heterocycles. The van der Waals surface area contributed by atoms with Gasteiger partial charge in [-0.15, -0.1) is 0 Å². The SMILES string of the molecule is NCC1CC(Oc2c(F)c(F)c(F)c(F)c2F)C1. The minimum atomic E-state index is -2.19. The first-order chi connectivity index (χ1) is 8.45. The van der Waals surface area contributed by atoms with Gasteiger partial charge in [0.05, 0.1) is 6.10 Å². The lowest BCUT2D eigenvalue weighted by atomic mass is 9.82. The lowest BCUT2D eigenvalue weighted by Crippen LogP contribution is -2.38. The summed E-state index contributed by atoms with van der Waals surface area (Å²) < 4.78 is 69.7. The molecule has 0 unspecified atom stereocenters. The van der Waals surface area contributed by atoms with Crippen molar-refractivity contribution in [2.75, 3.05) is 6.54 Å². The maximum absolute atomic E-state index is 13.2. The van der Waals surface area contributed by atoms with E-state index in [-0.39, 0.29) is 5.92 Å². The molecule has 0 bridgehead atoms. The van der Waals surface area contributed by atoms with E-state index < -0.39 is 40.9 Å². The Hall–Kier alpha value is -1.37. The van der Waals surface area contributed by atoms with E-state index in [1.807, 2.05) is 0 Å². The first-order valence-corrected chi connectivity index (χ1v) is 5.33. The number of halogens is 5. The molecule has 0 spiro atoms. The molecular formula is C11H10F5NO. The molecule has 1 aliphatic rings. The van der Waals surface area contributed by atoms with Gasteiger partial charge in [0.1, 0.15) is 0 Å². The highest BCUT2D eigenvalue weighted by Gasteiger charge is 2.34. The van der Waals surface area contributed by atoms with Crippen molar-refractivity contribution < 1.29 is 26.7 Å². The van der Waals surface area contributed by atoms with Crippen molar-refractivity contribution in [2.24, 2.45) is 11.7 Å². The maximum Gasteiger partial charge on any atom is 0.207 e. The topological polar surface area (TPSA) is 35.2 Å². The van der Waals surface area contributed by atoms with Crippen molar-refractivity contribution >= 4 is 0 Å². The van der Waals surface area contributed by atoms with E-state index in [1.54, 1.807) is 0 Å². The number of ether oxygens (including phenoxy) is 1. The summed E-state index contributed by atoms with van der Waals surface area (Å²) in [5.41, 5.74) is 5.34. The molecule has 1 aliphatic carbocycles. The Morgan fingerprint density at radius 1 is 0.889 bits per heavy atom. The van der Waals surface area contributed by atoms with Gasteiger partial charge < -0.3 is 10.5 Å². The summed E-state index contributed by atoms with van der Waals surface area (Å²) in [5.74, 6) is -11.1. The first kappa shape index (κ1) is 13.1. The number of hydrogen-bond acceptors (Lipinski definition) is 2. The molecule has 7 heteroatoms. The highest BCUT2D eigenvalue weighted by atomic mass is 19.2. The number of hydrogen-bond donors (Lipinski definition) is 1. The van der Waals surface area contributed by atoms with Gasteiger partial charge in [-0.05, 0) is 25.3 Å². The third-order valence-electron chi connectivity index (χ3n) is 2.98. The molecule has 100 valence electrons. The molecule has 2 rings (SSSR count). The van der Waals surface area contributed by atoms with Gasteiger partial charge in [-0.3, -0.25) is 0 Å². The lowest BCUT2D eigenvalue weighted by molar-refractivity contribution is 0.0593. The van der Waals surface area contributed by atoms with E-state index in [4.69, 9.17) is 10.5 Å². The number of benzene rings is 1. The minimum Gasteiger partial charge on any atom is -0.484 e. The molecule has 0 heterocycles. The second-order valence-electron chi connectivity index (χ2n) is 4.21. The predicted molar refractivity (Wildman–Crippen MR) is 52.4 cm³/mol. The average molecular weight is 267 g/mol. The lowest BCUT2D eigenvalue weighted by Gasteiger charge is -2.34. The quantitative estimate of drug-likeness (QED) is 0.519. The Labute approximate surface area is 99.5 Å². The molecule has 1 fully saturated rings. The summed E-state index contributed by atoms with van der Waals surface area (Å²) in [6.07, 6.45) is 0.318. The Morgan fingerprint density at radius 2 is 1.33 bits per heavy atom. The van der Waals surface area contributed by atoms with Crippen LogP contribution in [0.4, 0.5) is 22.0 Å². The van der Waals surface area contributed by atoms with Crippen LogP contribution in [0, 0.1) is 35.0 Å². The molecule has 18 heavy (non-hydrogen) atoms. The fourth-order valence-electron chi connectivity index (χ4n) is 1.82. The van der Waals surface area contributed by atoms with E-state index in [9.17, 15) is 22.0 Å². The van der Waals surface area contributed by atoms with Crippen LogP contribution in [0.2, 0.25) is 0 Å². The van der Waals surface area contributed by atoms with Gasteiger partial charge in [-0.1, -0.05) is 0 Å². The smallest absolute Gasteiger partial charge is 0.207 e. The molecular weight excluding hydrogens is 257 g/mol. The van der Waals surface area contributed by atoms with Crippen LogP contribution in [0.5, 0.6) is 5.75 Å². The van der Waals surface area contributed by atoms with E-state index in [0.717, 1.165) is 0 Å². The van der Waals surface area contributed by atoms with E-state index in [0.29, 0.717) is 19.4 Å². The molecule has 1 aromatic carbocycles. The third-order valence-corrected chi connectivity index (χ3v) is 2.98. The molecule has 1 aromatic rings. The molecule has 2 nitrogen and oxygen atoms in total. The fourth-order valence-corrected chi connectivity index (χ4v) is 1.82. The van der Waals surface area contributed by atoms with Gasteiger partial charge in [0.2, 0.25) is 29.1 Å². The van der Waals surface area contributed by atoms with Crippen LogP contribution < -0.4 is 10.5 Å². The molecule has 0 aromatic heterocycles. The highest BCUT2D eigenvalue weighted by Crippen LogP contribution is 2.35. The fraction of sp³-hybridized carbons (Fsp3) is 0.455. The second kappa shape index (κ2) is 4.72. The van der Waals surface area contributed by atoms with Gasteiger partial charge in [0, 0.05) is 0 Å². The van der Waals surface area contributed by atoms with Crippen LogP contribution in [-0.4, -0.2) is 12.6 Å². The summed E-state index contributed by atoms with van der Waals surface area (Å²) >= 11 is 0. The zero-order valence-corrected chi connectivity index (χ0v) is 9.15. The molecule has 0 amide bonds. The average Bonchev–Trinajstić information content (AvgIpc) is 2.32. The van der Waals surface area contributed by atoms with Crippen molar-refractivity contribution in [2.45, 2.75) is 18.9 Å². The van der Waals surface area contributed by atoms with Crippen molar-refractivity contribution in [3.05, 3.63) is 29.1 Å². The monoisotopic (exact) mass is 267 g/mol. The number of nitrogens with two attached hydrogens (primary N) is 1. The summed E-state index contributed by atoms with van der Waals surface area (Å²) in [7, 11) is 0. The first-order valence-electron chi connectivity index (χ1n) is 5.33. The van der Waals surface area contributed by atoms with Gasteiger partial charge in [0.25, 0.3) is 0 Å². The van der Waals surface area contributed by atoms with Crippen molar-refractivity contribution in [3.63, 3.8) is 0 Å². The van der Waals surface area contributed by atoms with E-state index in [2.05, 4.69) is 0 Å². The summed E-state index contributed by atoms with van der Waals surface area (Å²) in [4.78, 5) is 0. The largest absolute Gasteiger partial charge is 0.484 e. The zero-order chi connectivity index (χ0) is 13.4. The van der Waals surface area contributed by atoms with Crippen molar-refractivity contribution in [1.29, 1.82) is 0 Å². The van der Waals surface area contributed by atoms with Crippen LogP contribution in [0.25, 0.3) is 0 Å². The zero-order valence-electron chi connectivity index (χ0n) is 9.15. The standard InChI is InChI=1S/C11H10F5NO/c12-6-7(13)9(15)11(10(16)8(6)14)18-5-1-4(2-5)3-17/h4-5H,1-3,17H2. The summed E-state index contributed by atoms with van der Waals surface area (Å²) in [6.45, 7) is 0.400. The predicted octanol–water partition coefficient (Wildman–Crippen LogP) is 2.50. The van der Waals surface area contributed by atoms with Crippen molar-refractivity contribution in [1.82, 2.24) is 0 Å². The molecule has 0 radical (unpaired) electrons. The van der Waals surface area contributed by atoms with Gasteiger partial charge >= 0.3 is 0 Å². The highest BCUT2D eigenvalue weighted by molar-refractivity contribution is 5.30. The van der Waals surface area contributed by atoms with Crippen LogP contribution in [0.3, 0.4) is 0 Å². The Balaban J connectivity index is 2.23. The Bertz CT molecular complexity index is 444. The van der Waals surface area contributed by atoms with Crippen LogP contribution >= 0.6 is 0 Å². The normalized spacial score (nSPS) is 22.8. The van der Waals surface area contributed by atoms with E-state index in [1.165, 1.54) is 0 Å². The minimum absolute atomic E-state index is 0.163. The molecule has 0 atom stereocenters. The Morgan fingerprint density at radius 3 is 1.78 bits per heavy atom. The molecule has 0 aliphatic heterocycles. The van der Waals surface area contributed by atoms with Gasteiger partial charge in [-0.2, -0.15) is 8.78 Å². The number of rotatable bonds is 3. The van der Waals surface area contributed by atoms with Crippen LogP contribution in [0.15, 0.2) is 0 Å². The van der Waals surface area contributed by atoms with Crippen molar-refractivity contribution in [3.8, 4) is 5.75 Å². The van der Waals surface area contributed by atoms with E-state index >= 15 is 0 Å². The summed E-state index contributed by atoms with van der Waals surface area (Å²) in [5, 5.41) is 0.